The molecule has 1 heterocycles. The topological polar surface area (TPSA) is 58.5 Å². The summed E-state index contributed by atoms with van der Waals surface area (Å²) >= 11 is 0. The monoisotopic (exact) mass is 220 g/mol. The largest absolute Gasteiger partial charge is 0.397 e. The van der Waals surface area contributed by atoms with Crippen molar-refractivity contribution in [1.29, 1.82) is 0 Å². The van der Waals surface area contributed by atoms with E-state index >= 15 is 0 Å². The highest BCUT2D eigenvalue weighted by Crippen LogP contribution is 2.24. The summed E-state index contributed by atoms with van der Waals surface area (Å²) in [4.78, 5) is 4.73. The summed E-state index contributed by atoms with van der Waals surface area (Å²) in [5.41, 5.74) is 14.0. The van der Waals surface area contributed by atoms with Gasteiger partial charge in [0.15, 0.2) is 0 Å². The third-order valence-electron chi connectivity index (χ3n) is 3.40. The maximum atomic E-state index is 5.83. The quantitative estimate of drug-likeness (QED) is 0.693. The minimum Gasteiger partial charge on any atom is -0.397 e. The van der Waals surface area contributed by atoms with Crippen LogP contribution >= 0.6 is 0 Å². The normalized spacial score (nSPS) is 22.4. The molecule has 1 aromatic carbocycles. The molecule has 2 rings (SSSR count). The Hall–Kier alpha value is -1.42. The zero-order valence-corrected chi connectivity index (χ0v) is 9.98. The van der Waals surface area contributed by atoms with Gasteiger partial charge in [-0.3, -0.25) is 0 Å². The second kappa shape index (κ2) is 4.22. The Morgan fingerprint density at radius 1 is 1.19 bits per heavy atom. The summed E-state index contributed by atoms with van der Waals surface area (Å²) in [5, 5.41) is 0. The first-order valence-corrected chi connectivity index (χ1v) is 5.68. The van der Waals surface area contributed by atoms with Gasteiger partial charge < -0.3 is 21.3 Å². The molecule has 1 aliphatic rings. The number of likely N-dealkylation sites (N-methyl/N-ethyl adjacent to an activating group) is 1. The Morgan fingerprint density at radius 2 is 1.94 bits per heavy atom. The smallest absolute Gasteiger partial charge is 0.0568 e. The maximum absolute atomic E-state index is 5.83. The van der Waals surface area contributed by atoms with Crippen molar-refractivity contribution in [1.82, 2.24) is 4.90 Å². The summed E-state index contributed by atoms with van der Waals surface area (Å²) < 4.78 is 0. The van der Waals surface area contributed by atoms with Gasteiger partial charge in [0.25, 0.3) is 0 Å². The van der Waals surface area contributed by atoms with Gasteiger partial charge in [-0.15, -0.1) is 0 Å². The molecule has 1 aromatic rings. The first kappa shape index (κ1) is 11.1. The average Bonchev–Trinajstić information content (AvgIpc) is 2.26. The molecule has 16 heavy (non-hydrogen) atoms. The second-order valence-corrected chi connectivity index (χ2v) is 4.59. The number of nitrogen functional groups attached to an aromatic ring is 2. The van der Waals surface area contributed by atoms with Crippen LogP contribution in [0.4, 0.5) is 17.1 Å². The molecule has 4 nitrogen and oxygen atoms in total. The van der Waals surface area contributed by atoms with Gasteiger partial charge in [-0.2, -0.15) is 0 Å². The van der Waals surface area contributed by atoms with Crippen LogP contribution < -0.4 is 16.4 Å². The molecule has 1 aliphatic heterocycles. The lowest BCUT2D eigenvalue weighted by Gasteiger charge is -2.39. The molecule has 0 bridgehead atoms. The first-order valence-electron chi connectivity index (χ1n) is 5.68. The lowest BCUT2D eigenvalue weighted by molar-refractivity contribution is 0.234. The van der Waals surface area contributed by atoms with Crippen molar-refractivity contribution in [3.8, 4) is 0 Å². The van der Waals surface area contributed by atoms with Crippen molar-refractivity contribution in [2.45, 2.75) is 13.0 Å². The SMILES string of the molecule is CC1CN(c2ccc(N)c(N)c2)CCN1C. The van der Waals surface area contributed by atoms with E-state index in [4.69, 9.17) is 11.5 Å². The van der Waals surface area contributed by atoms with Crippen LogP contribution in [0.5, 0.6) is 0 Å². The van der Waals surface area contributed by atoms with Crippen LogP contribution in [0, 0.1) is 0 Å². The van der Waals surface area contributed by atoms with Gasteiger partial charge in [0.2, 0.25) is 0 Å². The summed E-state index contributed by atoms with van der Waals surface area (Å²) in [6, 6.07) is 6.47. The standard InChI is InChI=1S/C12H20N4/c1-9-8-16(6-5-15(9)2)10-3-4-11(13)12(14)7-10/h3-4,7,9H,5-6,8,13-14H2,1-2H3. The van der Waals surface area contributed by atoms with Gasteiger partial charge >= 0.3 is 0 Å². The van der Waals surface area contributed by atoms with Gasteiger partial charge in [-0.25, -0.2) is 0 Å². The highest BCUT2D eigenvalue weighted by molar-refractivity contribution is 5.69. The van der Waals surface area contributed by atoms with Crippen molar-refractivity contribution < 1.29 is 0 Å². The van der Waals surface area contributed by atoms with Gasteiger partial charge in [0.1, 0.15) is 0 Å². The number of rotatable bonds is 1. The van der Waals surface area contributed by atoms with E-state index in [2.05, 4.69) is 23.8 Å². The van der Waals surface area contributed by atoms with Crippen molar-refractivity contribution in [3.05, 3.63) is 18.2 Å². The van der Waals surface area contributed by atoms with Crippen LogP contribution in [0.1, 0.15) is 6.92 Å². The van der Waals surface area contributed by atoms with Crippen LogP contribution in [0.25, 0.3) is 0 Å². The first-order chi connectivity index (χ1) is 7.58. The van der Waals surface area contributed by atoms with Gasteiger partial charge in [-0.1, -0.05) is 0 Å². The Labute approximate surface area is 96.8 Å². The number of benzene rings is 1. The van der Waals surface area contributed by atoms with Crippen LogP contribution in [-0.4, -0.2) is 37.6 Å². The molecule has 4 heteroatoms. The molecule has 0 amide bonds. The van der Waals surface area contributed by atoms with E-state index in [0.29, 0.717) is 17.4 Å². The molecule has 0 aromatic heterocycles. The van der Waals surface area contributed by atoms with E-state index in [-0.39, 0.29) is 0 Å². The number of nitrogens with two attached hydrogens (primary N) is 2. The summed E-state index contributed by atoms with van der Waals surface area (Å²) in [6.45, 7) is 5.42. The molecule has 88 valence electrons. The Bertz CT molecular complexity index is 377. The predicted octanol–water partition coefficient (Wildman–Crippen LogP) is 0.991. The lowest BCUT2D eigenvalue weighted by atomic mass is 10.1. The van der Waals surface area contributed by atoms with Crippen molar-refractivity contribution in [2.24, 2.45) is 0 Å². The van der Waals surface area contributed by atoms with Crippen LogP contribution in [0.15, 0.2) is 18.2 Å². The Balaban J connectivity index is 2.15. The molecular formula is C12H20N4. The van der Waals surface area contributed by atoms with Crippen LogP contribution in [-0.2, 0) is 0 Å². The van der Waals surface area contributed by atoms with Crippen molar-refractivity contribution in [2.75, 3.05) is 43.0 Å². The summed E-state index contributed by atoms with van der Waals surface area (Å²) in [6.07, 6.45) is 0. The molecule has 0 spiro atoms. The number of piperazine rings is 1. The fourth-order valence-corrected chi connectivity index (χ4v) is 2.04. The van der Waals surface area contributed by atoms with E-state index < -0.39 is 0 Å². The summed E-state index contributed by atoms with van der Waals surface area (Å²) in [7, 11) is 2.17. The van der Waals surface area contributed by atoms with E-state index in [1.807, 2.05) is 18.2 Å². The maximum Gasteiger partial charge on any atom is 0.0568 e. The van der Waals surface area contributed by atoms with E-state index in [0.717, 1.165) is 19.6 Å². The highest BCUT2D eigenvalue weighted by atomic mass is 15.3. The molecule has 1 fully saturated rings. The number of hydrogen-bond donors (Lipinski definition) is 2. The number of anilines is 3. The predicted molar refractivity (Wildman–Crippen MR) is 69.6 cm³/mol. The molecule has 1 saturated heterocycles. The molecule has 0 radical (unpaired) electrons. The van der Waals surface area contributed by atoms with Gasteiger partial charge in [0.05, 0.1) is 11.4 Å². The lowest BCUT2D eigenvalue weighted by Crippen LogP contribution is -2.50. The second-order valence-electron chi connectivity index (χ2n) is 4.59. The number of hydrogen-bond acceptors (Lipinski definition) is 4. The third kappa shape index (κ3) is 2.07. The van der Waals surface area contributed by atoms with Crippen molar-refractivity contribution in [3.63, 3.8) is 0 Å². The fraction of sp³-hybridized carbons (Fsp3) is 0.500. The van der Waals surface area contributed by atoms with E-state index in [1.54, 1.807) is 0 Å². The zero-order chi connectivity index (χ0) is 11.7. The molecule has 4 N–H and O–H groups in total. The molecule has 0 saturated carbocycles. The fourth-order valence-electron chi connectivity index (χ4n) is 2.04. The minimum absolute atomic E-state index is 0.576. The van der Waals surface area contributed by atoms with Crippen LogP contribution in [0.3, 0.4) is 0 Å². The number of nitrogens with zero attached hydrogens (tertiary/aromatic N) is 2. The third-order valence-corrected chi connectivity index (χ3v) is 3.40. The molecular weight excluding hydrogens is 200 g/mol. The zero-order valence-electron chi connectivity index (χ0n) is 9.98. The van der Waals surface area contributed by atoms with Gasteiger partial charge in [-0.05, 0) is 32.2 Å². The van der Waals surface area contributed by atoms with E-state index in [9.17, 15) is 0 Å². The highest BCUT2D eigenvalue weighted by Gasteiger charge is 2.20. The van der Waals surface area contributed by atoms with Crippen molar-refractivity contribution >= 4 is 17.1 Å². The average molecular weight is 220 g/mol. The Morgan fingerprint density at radius 3 is 2.56 bits per heavy atom. The van der Waals surface area contributed by atoms with Gasteiger partial charge in [0, 0.05) is 31.4 Å². The van der Waals surface area contributed by atoms with E-state index in [1.165, 1.54) is 5.69 Å². The molecule has 1 atom stereocenters. The Kier molecular flexibility index (Phi) is 2.92. The minimum atomic E-state index is 0.576. The van der Waals surface area contributed by atoms with Crippen LogP contribution in [0.2, 0.25) is 0 Å². The molecule has 0 aliphatic carbocycles. The molecule has 1 unspecified atom stereocenters. The summed E-state index contributed by atoms with van der Waals surface area (Å²) in [5.74, 6) is 0.